The maximum atomic E-state index is 12.7. The Kier molecular flexibility index (Phi) is 4.34. The third kappa shape index (κ3) is 2.96. The van der Waals surface area contributed by atoms with Crippen molar-refractivity contribution in [2.75, 3.05) is 13.1 Å². The first-order valence-electron chi connectivity index (χ1n) is 8.89. The number of nitrogens with zero attached hydrogens (tertiary/aromatic N) is 2. The smallest absolute Gasteiger partial charge is 0.224 e. The summed E-state index contributed by atoms with van der Waals surface area (Å²) in [6.45, 7) is 1.76. The van der Waals surface area contributed by atoms with E-state index in [-0.39, 0.29) is 11.8 Å². The van der Waals surface area contributed by atoms with Crippen LogP contribution in [0.4, 0.5) is 0 Å². The summed E-state index contributed by atoms with van der Waals surface area (Å²) < 4.78 is 0. The molecule has 5 heteroatoms. The summed E-state index contributed by atoms with van der Waals surface area (Å²) in [5.74, 6) is 1.23. The predicted octanol–water partition coefficient (Wildman–Crippen LogP) is 2.29. The average Bonchev–Trinajstić information content (AvgIpc) is 3.33. The molecule has 2 fully saturated rings. The van der Waals surface area contributed by atoms with Gasteiger partial charge in [-0.25, -0.2) is 4.98 Å². The molecule has 5 nitrogen and oxygen atoms in total. The molecular formula is C19H24N4O. The second-order valence-electron chi connectivity index (χ2n) is 6.79. The van der Waals surface area contributed by atoms with Crippen molar-refractivity contribution in [1.82, 2.24) is 20.2 Å². The van der Waals surface area contributed by atoms with Gasteiger partial charge in [-0.3, -0.25) is 9.69 Å². The maximum absolute atomic E-state index is 12.7. The number of carbonyl (C=O) groups excluding carboxylic acids is 1. The highest BCUT2D eigenvalue weighted by Crippen LogP contribution is 2.44. The van der Waals surface area contributed by atoms with Crippen LogP contribution in [0.3, 0.4) is 0 Å². The summed E-state index contributed by atoms with van der Waals surface area (Å²) in [7, 11) is 0. The summed E-state index contributed by atoms with van der Waals surface area (Å²) in [5.41, 5.74) is 1.34. The van der Waals surface area contributed by atoms with Crippen LogP contribution < -0.4 is 5.32 Å². The molecule has 2 N–H and O–H groups in total. The highest BCUT2D eigenvalue weighted by Gasteiger charge is 2.46. The lowest BCUT2D eigenvalue weighted by Crippen LogP contribution is -2.38. The van der Waals surface area contributed by atoms with Gasteiger partial charge in [0.2, 0.25) is 5.91 Å². The van der Waals surface area contributed by atoms with Crippen molar-refractivity contribution in [2.24, 2.45) is 5.92 Å². The van der Waals surface area contributed by atoms with E-state index in [1.54, 1.807) is 6.20 Å². The van der Waals surface area contributed by atoms with Gasteiger partial charge in [0.1, 0.15) is 5.82 Å². The standard InChI is InChI=1S/C19H24N4O/c24-19(22-9-8-18-20-10-11-21-18)15-13-17(14-5-2-1-3-6-14)23-12-4-7-16(15)23/h1-3,5-6,10-11,15-17H,4,7-9,12-13H2,(H,20,21)(H,22,24)/t15-,16+,17-/m0/s1. The number of rotatable bonds is 5. The van der Waals surface area contributed by atoms with Crippen LogP contribution in [0.25, 0.3) is 0 Å². The molecule has 0 radical (unpaired) electrons. The fourth-order valence-electron chi connectivity index (χ4n) is 4.32. The van der Waals surface area contributed by atoms with Crippen LogP contribution in [0.5, 0.6) is 0 Å². The molecule has 3 atom stereocenters. The summed E-state index contributed by atoms with van der Waals surface area (Å²) in [4.78, 5) is 22.5. The average molecular weight is 324 g/mol. The van der Waals surface area contributed by atoms with E-state index in [0.717, 1.165) is 31.6 Å². The number of fused-ring (bicyclic) bond motifs is 1. The van der Waals surface area contributed by atoms with Crippen molar-refractivity contribution in [3.05, 3.63) is 54.1 Å². The third-order valence-electron chi connectivity index (χ3n) is 5.42. The molecule has 1 aromatic carbocycles. The summed E-state index contributed by atoms with van der Waals surface area (Å²) in [6, 6.07) is 11.4. The van der Waals surface area contributed by atoms with Crippen LogP contribution in [-0.4, -0.2) is 39.9 Å². The zero-order valence-corrected chi connectivity index (χ0v) is 13.8. The van der Waals surface area contributed by atoms with E-state index in [4.69, 9.17) is 0 Å². The molecule has 1 aromatic heterocycles. The SMILES string of the molecule is O=C(NCCc1ncc[nH]1)[C@H]1C[C@@H](c2ccccc2)N2CCC[C@H]12. The monoisotopic (exact) mass is 324 g/mol. The van der Waals surface area contributed by atoms with Gasteiger partial charge >= 0.3 is 0 Å². The van der Waals surface area contributed by atoms with Crippen molar-refractivity contribution in [3.63, 3.8) is 0 Å². The lowest BCUT2D eigenvalue weighted by atomic mass is 9.93. The van der Waals surface area contributed by atoms with Gasteiger partial charge in [0.15, 0.2) is 0 Å². The van der Waals surface area contributed by atoms with Gasteiger partial charge in [0.25, 0.3) is 0 Å². The molecule has 3 heterocycles. The van der Waals surface area contributed by atoms with Gasteiger partial charge in [0.05, 0.1) is 5.92 Å². The highest BCUT2D eigenvalue weighted by atomic mass is 16.2. The fourth-order valence-corrected chi connectivity index (χ4v) is 4.32. The van der Waals surface area contributed by atoms with Crippen LogP contribution in [0.15, 0.2) is 42.7 Å². The number of benzene rings is 1. The van der Waals surface area contributed by atoms with Crippen LogP contribution in [-0.2, 0) is 11.2 Å². The number of H-pyrrole nitrogens is 1. The van der Waals surface area contributed by atoms with Crippen molar-refractivity contribution < 1.29 is 4.79 Å². The Morgan fingerprint density at radius 3 is 3.00 bits per heavy atom. The van der Waals surface area contributed by atoms with E-state index in [1.165, 1.54) is 12.0 Å². The summed E-state index contributed by atoms with van der Waals surface area (Å²) in [5, 5.41) is 3.12. The van der Waals surface area contributed by atoms with Crippen LogP contribution in [0.2, 0.25) is 0 Å². The molecule has 0 aliphatic carbocycles. The van der Waals surface area contributed by atoms with Gasteiger partial charge in [0, 0.05) is 37.4 Å². The van der Waals surface area contributed by atoms with Crippen LogP contribution >= 0.6 is 0 Å². The highest BCUT2D eigenvalue weighted by molar-refractivity contribution is 5.80. The molecule has 126 valence electrons. The number of nitrogens with one attached hydrogen (secondary N) is 2. The van der Waals surface area contributed by atoms with Crippen molar-refractivity contribution in [3.8, 4) is 0 Å². The minimum Gasteiger partial charge on any atom is -0.355 e. The first-order valence-corrected chi connectivity index (χ1v) is 8.89. The van der Waals surface area contributed by atoms with E-state index in [1.807, 2.05) is 6.20 Å². The largest absolute Gasteiger partial charge is 0.355 e. The Morgan fingerprint density at radius 2 is 2.21 bits per heavy atom. The number of amides is 1. The molecule has 0 bridgehead atoms. The third-order valence-corrected chi connectivity index (χ3v) is 5.42. The minimum absolute atomic E-state index is 0.106. The molecule has 0 unspecified atom stereocenters. The van der Waals surface area contributed by atoms with Gasteiger partial charge in [-0.15, -0.1) is 0 Å². The van der Waals surface area contributed by atoms with Gasteiger partial charge < -0.3 is 10.3 Å². The molecule has 2 saturated heterocycles. The van der Waals surface area contributed by atoms with Gasteiger partial charge in [-0.2, -0.15) is 0 Å². The van der Waals surface area contributed by atoms with Crippen molar-refractivity contribution in [1.29, 1.82) is 0 Å². The maximum Gasteiger partial charge on any atom is 0.224 e. The number of aromatic nitrogens is 2. The Bertz CT molecular complexity index is 670. The molecule has 0 spiro atoms. The normalized spacial score (nSPS) is 26.4. The first-order chi connectivity index (χ1) is 11.8. The molecule has 24 heavy (non-hydrogen) atoms. The van der Waals surface area contributed by atoms with E-state index >= 15 is 0 Å². The number of hydrogen-bond acceptors (Lipinski definition) is 3. The Balaban J connectivity index is 1.40. The van der Waals surface area contributed by atoms with Gasteiger partial charge in [-0.05, 0) is 31.4 Å². The predicted molar refractivity (Wildman–Crippen MR) is 92.3 cm³/mol. The lowest BCUT2D eigenvalue weighted by Gasteiger charge is -2.24. The van der Waals surface area contributed by atoms with E-state index in [2.05, 4.69) is 50.5 Å². The van der Waals surface area contributed by atoms with E-state index < -0.39 is 0 Å². The second kappa shape index (κ2) is 6.77. The molecule has 1 amide bonds. The number of aromatic amines is 1. The minimum atomic E-state index is 0.106. The number of imidazole rings is 1. The summed E-state index contributed by atoms with van der Waals surface area (Å²) in [6.07, 6.45) is 7.58. The Labute approximate surface area is 142 Å². The van der Waals surface area contributed by atoms with Crippen molar-refractivity contribution >= 4 is 5.91 Å². The quantitative estimate of drug-likeness (QED) is 0.887. The van der Waals surface area contributed by atoms with E-state index in [0.29, 0.717) is 18.6 Å². The first kappa shape index (κ1) is 15.4. The van der Waals surface area contributed by atoms with Crippen molar-refractivity contribution in [2.45, 2.75) is 37.8 Å². The molecular weight excluding hydrogens is 300 g/mol. The van der Waals surface area contributed by atoms with Gasteiger partial charge in [-0.1, -0.05) is 30.3 Å². The molecule has 2 aromatic rings. The lowest BCUT2D eigenvalue weighted by molar-refractivity contribution is -0.125. The Hall–Kier alpha value is -2.14. The molecule has 2 aliphatic heterocycles. The number of hydrogen-bond donors (Lipinski definition) is 2. The van der Waals surface area contributed by atoms with E-state index in [9.17, 15) is 4.79 Å². The molecule has 0 saturated carbocycles. The fraction of sp³-hybridized carbons (Fsp3) is 0.474. The zero-order chi connectivity index (χ0) is 16.4. The molecule has 2 aliphatic rings. The summed E-state index contributed by atoms with van der Waals surface area (Å²) >= 11 is 0. The van der Waals surface area contributed by atoms with Crippen LogP contribution in [0, 0.1) is 5.92 Å². The zero-order valence-electron chi connectivity index (χ0n) is 13.8. The molecule has 4 rings (SSSR count). The topological polar surface area (TPSA) is 61.0 Å². The Morgan fingerprint density at radius 1 is 1.33 bits per heavy atom. The van der Waals surface area contributed by atoms with Crippen LogP contribution in [0.1, 0.15) is 36.7 Å². The second-order valence-corrected chi connectivity index (χ2v) is 6.79. The number of carbonyl (C=O) groups is 1.